The average Bonchev–Trinajstić information content (AvgIpc) is 2.78. The van der Waals surface area contributed by atoms with Gasteiger partial charge in [0, 0.05) is 5.41 Å². The van der Waals surface area contributed by atoms with Crippen LogP contribution in [0.2, 0.25) is 0 Å². The normalized spacial score (nSPS) is 13.7. The van der Waals surface area contributed by atoms with Crippen LogP contribution in [0.3, 0.4) is 0 Å². The molecule has 1 unspecified atom stereocenters. The Morgan fingerprint density at radius 3 is 1.91 bits per heavy atom. The molecule has 0 aliphatic heterocycles. The van der Waals surface area contributed by atoms with E-state index >= 15 is 0 Å². The molecular weight excluding hydrogens is 432 g/mol. The van der Waals surface area contributed by atoms with E-state index in [9.17, 15) is 13.5 Å². The Morgan fingerprint density at radius 1 is 0.909 bits per heavy atom. The summed E-state index contributed by atoms with van der Waals surface area (Å²) in [4.78, 5) is 0. The van der Waals surface area contributed by atoms with Gasteiger partial charge in [0.2, 0.25) is 0 Å². The number of hydrogen-bond acceptors (Lipinski definition) is 4. The van der Waals surface area contributed by atoms with Crippen LogP contribution in [0.15, 0.2) is 42.5 Å². The molecule has 0 bridgehead atoms. The first kappa shape index (κ1) is 27.4. The molecule has 0 saturated carbocycles. The Kier molecular flexibility index (Phi) is 9.17. The smallest absolute Gasteiger partial charge is 0.306 e. The molecule has 0 saturated heterocycles. The Balaban J connectivity index is 2.30. The van der Waals surface area contributed by atoms with Crippen molar-refractivity contribution in [2.45, 2.75) is 91.1 Å². The third-order valence-corrected chi connectivity index (χ3v) is 8.24. The van der Waals surface area contributed by atoms with E-state index in [1.54, 1.807) is 12.1 Å². The molecule has 0 aliphatic rings. The van der Waals surface area contributed by atoms with Gasteiger partial charge in [-0.15, -0.1) is 0 Å². The zero-order valence-electron chi connectivity index (χ0n) is 21.4. The van der Waals surface area contributed by atoms with Gasteiger partial charge in [-0.3, -0.25) is 0 Å². The van der Waals surface area contributed by atoms with Crippen molar-refractivity contribution >= 4 is 10.1 Å². The fourth-order valence-corrected chi connectivity index (χ4v) is 5.56. The second-order valence-corrected chi connectivity index (χ2v) is 11.1. The molecule has 4 nitrogen and oxygen atoms in total. The van der Waals surface area contributed by atoms with Gasteiger partial charge in [-0.05, 0) is 85.8 Å². The van der Waals surface area contributed by atoms with Crippen LogP contribution in [0, 0.1) is 12.8 Å². The van der Waals surface area contributed by atoms with Crippen molar-refractivity contribution < 1.29 is 17.7 Å². The molecule has 1 N–H and O–H groups in total. The van der Waals surface area contributed by atoms with Crippen LogP contribution >= 0.6 is 0 Å². The maximum absolute atomic E-state index is 11.4. The first-order chi connectivity index (χ1) is 15.4. The van der Waals surface area contributed by atoms with E-state index in [4.69, 9.17) is 4.18 Å². The van der Waals surface area contributed by atoms with E-state index in [2.05, 4.69) is 59.7 Å². The average molecular weight is 475 g/mol. The van der Waals surface area contributed by atoms with Crippen LogP contribution in [0.1, 0.15) is 89.0 Å². The van der Waals surface area contributed by atoms with Gasteiger partial charge < -0.3 is 9.29 Å². The van der Waals surface area contributed by atoms with E-state index in [0.29, 0.717) is 5.75 Å². The topological polar surface area (TPSA) is 63.6 Å². The summed E-state index contributed by atoms with van der Waals surface area (Å²) in [6, 6.07) is 14.2. The summed E-state index contributed by atoms with van der Waals surface area (Å²) < 4.78 is 27.9. The van der Waals surface area contributed by atoms with Crippen molar-refractivity contribution in [3.63, 3.8) is 0 Å². The number of benzene rings is 2. The highest BCUT2D eigenvalue weighted by molar-refractivity contribution is 7.86. The Morgan fingerprint density at radius 2 is 1.45 bits per heavy atom. The van der Waals surface area contributed by atoms with Crippen LogP contribution in [0.25, 0.3) is 0 Å². The lowest BCUT2D eigenvalue weighted by Gasteiger charge is -2.34. The lowest BCUT2D eigenvalue weighted by molar-refractivity contribution is -0.0219. The summed E-state index contributed by atoms with van der Waals surface area (Å²) in [6.45, 7) is 12.9. The maximum Gasteiger partial charge on any atom is 0.306 e. The first-order valence-corrected chi connectivity index (χ1v) is 14.1. The lowest BCUT2D eigenvalue weighted by Crippen LogP contribution is -2.35. The van der Waals surface area contributed by atoms with Crippen LogP contribution in [0.4, 0.5) is 0 Å². The Hall–Kier alpha value is -1.85. The van der Waals surface area contributed by atoms with Crippen molar-refractivity contribution in [3.05, 3.63) is 64.7 Å². The van der Waals surface area contributed by atoms with Crippen LogP contribution in [-0.2, 0) is 22.0 Å². The molecular formula is C28H42O4S. The fraction of sp³-hybridized carbons (Fsp3) is 0.571. The molecule has 33 heavy (non-hydrogen) atoms. The summed E-state index contributed by atoms with van der Waals surface area (Å²) in [6.07, 6.45) is 6.42. The minimum atomic E-state index is -3.54. The predicted octanol–water partition coefficient (Wildman–Crippen LogP) is 6.56. The highest BCUT2D eigenvalue weighted by atomic mass is 32.2. The number of hydrogen-bond donors (Lipinski definition) is 1. The van der Waals surface area contributed by atoms with Crippen molar-refractivity contribution in [1.82, 2.24) is 0 Å². The molecule has 2 aromatic rings. The SMILES string of the molecule is CCC(CC)(c1ccc(OS(C)(=O)=O)cc1)c1ccc(CCC(C)C(O)(CC)CC)c(C)c1. The zero-order chi connectivity index (χ0) is 24.9. The third kappa shape index (κ3) is 6.39. The molecule has 2 rings (SSSR count). The quantitative estimate of drug-likeness (QED) is 0.354. The van der Waals surface area contributed by atoms with Gasteiger partial charge in [0.25, 0.3) is 0 Å². The van der Waals surface area contributed by atoms with Gasteiger partial charge >= 0.3 is 10.1 Å². The van der Waals surface area contributed by atoms with Crippen molar-refractivity contribution in [1.29, 1.82) is 0 Å². The second-order valence-electron chi connectivity index (χ2n) is 9.49. The van der Waals surface area contributed by atoms with Crippen LogP contribution in [0.5, 0.6) is 5.75 Å². The summed E-state index contributed by atoms with van der Waals surface area (Å²) >= 11 is 0. The lowest BCUT2D eigenvalue weighted by atomic mass is 9.70. The highest BCUT2D eigenvalue weighted by Crippen LogP contribution is 2.40. The fourth-order valence-electron chi connectivity index (χ4n) is 5.10. The zero-order valence-corrected chi connectivity index (χ0v) is 22.3. The molecule has 0 aromatic heterocycles. The predicted molar refractivity (Wildman–Crippen MR) is 137 cm³/mol. The molecule has 2 aromatic carbocycles. The van der Waals surface area contributed by atoms with Gasteiger partial charge in [-0.25, -0.2) is 0 Å². The van der Waals surface area contributed by atoms with Crippen molar-refractivity contribution in [2.75, 3.05) is 6.26 Å². The van der Waals surface area contributed by atoms with Gasteiger partial charge in [-0.2, -0.15) is 8.42 Å². The van der Waals surface area contributed by atoms with E-state index in [-0.39, 0.29) is 11.3 Å². The Bertz CT molecular complexity index is 1000. The standard InChI is InChI=1S/C28H42O4S/c1-8-27(9-2,24-16-18-26(19-17-24)32-33(7,30)31)25-15-14-23(21(5)20-25)13-12-22(6)28(29,10-3)11-4/h14-20,22,29H,8-13H2,1-7H3. The van der Waals surface area contributed by atoms with Crippen LogP contribution < -0.4 is 4.18 Å². The van der Waals surface area contributed by atoms with Crippen molar-refractivity contribution in [3.8, 4) is 5.75 Å². The molecule has 0 heterocycles. The van der Waals surface area contributed by atoms with Gasteiger partial charge in [0.05, 0.1) is 11.9 Å². The molecule has 5 heteroatoms. The molecule has 0 spiro atoms. The highest BCUT2D eigenvalue weighted by Gasteiger charge is 2.32. The van der Waals surface area contributed by atoms with Crippen molar-refractivity contribution in [2.24, 2.45) is 5.92 Å². The Labute approximate surface area is 201 Å². The minimum absolute atomic E-state index is 0.148. The molecule has 0 aliphatic carbocycles. The van der Waals surface area contributed by atoms with Gasteiger partial charge in [0.1, 0.15) is 5.75 Å². The van der Waals surface area contributed by atoms with Gasteiger partial charge in [-0.1, -0.05) is 65.0 Å². The summed E-state index contributed by atoms with van der Waals surface area (Å²) in [5.41, 5.74) is 4.31. The number of aryl methyl sites for hydroxylation is 2. The van der Waals surface area contributed by atoms with E-state index < -0.39 is 15.7 Å². The third-order valence-electron chi connectivity index (χ3n) is 7.75. The maximum atomic E-state index is 11.4. The molecule has 0 radical (unpaired) electrons. The molecule has 1 atom stereocenters. The van der Waals surface area contributed by atoms with E-state index in [1.165, 1.54) is 16.7 Å². The minimum Gasteiger partial charge on any atom is -0.390 e. The van der Waals surface area contributed by atoms with Crippen LogP contribution in [-0.4, -0.2) is 25.4 Å². The van der Waals surface area contributed by atoms with E-state index in [1.807, 2.05) is 12.1 Å². The molecule has 0 amide bonds. The largest absolute Gasteiger partial charge is 0.390 e. The monoisotopic (exact) mass is 474 g/mol. The molecule has 0 fully saturated rings. The summed E-state index contributed by atoms with van der Waals surface area (Å²) in [7, 11) is -3.54. The molecule has 184 valence electrons. The first-order valence-electron chi connectivity index (χ1n) is 12.3. The summed E-state index contributed by atoms with van der Waals surface area (Å²) in [5.74, 6) is 0.590. The summed E-state index contributed by atoms with van der Waals surface area (Å²) in [5, 5.41) is 10.8. The number of aliphatic hydroxyl groups is 1. The number of rotatable bonds is 12. The van der Waals surface area contributed by atoms with Gasteiger partial charge in [0.15, 0.2) is 0 Å². The van der Waals surface area contributed by atoms with E-state index in [0.717, 1.165) is 50.3 Å². The second kappa shape index (κ2) is 11.1.